The average Bonchev–Trinajstić information content (AvgIpc) is 2.88. The van der Waals surface area contributed by atoms with Crippen LogP contribution in [0.2, 0.25) is 0 Å². The fourth-order valence-electron chi connectivity index (χ4n) is 4.17. The van der Waals surface area contributed by atoms with Gasteiger partial charge >= 0.3 is 0 Å². The van der Waals surface area contributed by atoms with Crippen molar-refractivity contribution >= 4 is 17.7 Å². The molecule has 3 rings (SSSR count). The van der Waals surface area contributed by atoms with E-state index in [0.29, 0.717) is 55.2 Å². The van der Waals surface area contributed by atoms with Gasteiger partial charge in [0.1, 0.15) is 11.8 Å². The summed E-state index contributed by atoms with van der Waals surface area (Å²) in [6.07, 6.45) is 1.56. The maximum Gasteiger partial charge on any atom is 0.253 e. The maximum absolute atomic E-state index is 13.1. The molecule has 2 aromatic carbocycles. The third kappa shape index (κ3) is 6.88. The number of carbonyl (C=O) groups excluding carboxylic acids is 3. The minimum absolute atomic E-state index is 0.0572. The highest BCUT2D eigenvalue weighted by molar-refractivity contribution is 5.94. The lowest BCUT2D eigenvalue weighted by Gasteiger charge is -2.33. The topological polar surface area (TPSA) is 106 Å². The Balaban J connectivity index is 1.59. The van der Waals surface area contributed by atoms with Crippen molar-refractivity contribution in [3.05, 3.63) is 53.6 Å². The highest BCUT2D eigenvalue weighted by Gasteiger charge is 2.28. The van der Waals surface area contributed by atoms with E-state index in [1.807, 2.05) is 6.07 Å². The smallest absolute Gasteiger partial charge is 0.253 e. The van der Waals surface area contributed by atoms with Gasteiger partial charge in [-0.15, -0.1) is 0 Å². The molecule has 9 heteroatoms. The Morgan fingerprint density at radius 3 is 2.31 bits per heavy atom. The number of benzene rings is 2. The van der Waals surface area contributed by atoms with Gasteiger partial charge in [0.15, 0.2) is 11.5 Å². The number of methoxy groups -OCH3 is 3. The number of hydrogen-bond acceptors (Lipinski definition) is 6. The Morgan fingerprint density at radius 1 is 0.971 bits per heavy atom. The van der Waals surface area contributed by atoms with Crippen LogP contribution in [0, 0.1) is 0 Å². The Hall–Kier alpha value is -3.75. The number of piperidine rings is 1. The van der Waals surface area contributed by atoms with Crippen molar-refractivity contribution in [3.8, 4) is 17.2 Å². The van der Waals surface area contributed by atoms with Gasteiger partial charge in [0.05, 0.1) is 21.3 Å². The van der Waals surface area contributed by atoms with Crippen molar-refractivity contribution in [1.82, 2.24) is 15.5 Å². The molecular formula is C26H33N3O6. The van der Waals surface area contributed by atoms with Crippen molar-refractivity contribution in [2.45, 2.75) is 38.3 Å². The fraction of sp³-hybridized carbons (Fsp3) is 0.423. The van der Waals surface area contributed by atoms with E-state index in [0.717, 1.165) is 5.56 Å². The van der Waals surface area contributed by atoms with Gasteiger partial charge in [0.25, 0.3) is 5.91 Å². The number of nitrogens with one attached hydrogen (secondary N) is 2. The van der Waals surface area contributed by atoms with Crippen LogP contribution in [0.25, 0.3) is 0 Å². The van der Waals surface area contributed by atoms with Crippen LogP contribution in [0.1, 0.15) is 35.7 Å². The zero-order valence-electron chi connectivity index (χ0n) is 20.6. The summed E-state index contributed by atoms with van der Waals surface area (Å²) < 4.78 is 15.8. The van der Waals surface area contributed by atoms with Crippen LogP contribution in [-0.2, 0) is 16.0 Å². The lowest BCUT2D eigenvalue weighted by Crippen LogP contribution is -2.53. The predicted octanol–water partition coefficient (Wildman–Crippen LogP) is 2.18. The largest absolute Gasteiger partial charge is 0.497 e. The highest BCUT2D eigenvalue weighted by Crippen LogP contribution is 2.28. The van der Waals surface area contributed by atoms with E-state index in [1.54, 1.807) is 62.6 Å². The SMILES string of the molecule is COc1cccc(C(=O)N2CCC(NC(=O)[C@@H](Cc3ccc(OC)c(OC)c3)NC(C)=O)CC2)c1. The second-order valence-electron chi connectivity index (χ2n) is 8.45. The molecule has 35 heavy (non-hydrogen) atoms. The summed E-state index contributed by atoms with van der Waals surface area (Å²) in [5.41, 5.74) is 1.41. The zero-order chi connectivity index (χ0) is 25.4. The summed E-state index contributed by atoms with van der Waals surface area (Å²) in [6, 6.07) is 11.7. The van der Waals surface area contributed by atoms with Gasteiger partial charge in [-0.3, -0.25) is 14.4 Å². The number of rotatable bonds is 9. The molecular weight excluding hydrogens is 450 g/mol. The first-order valence-corrected chi connectivity index (χ1v) is 11.6. The van der Waals surface area contributed by atoms with Gasteiger partial charge in [-0.1, -0.05) is 12.1 Å². The van der Waals surface area contributed by atoms with Gasteiger partial charge in [0, 0.05) is 38.0 Å². The van der Waals surface area contributed by atoms with Crippen LogP contribution in [0.3, 0.4) is 0 Å². The van der Waals surface area contributed by atoms with E-state index in [-0.39, 0.29) is 23.8 Å². The summed E-state index contributed by atoms with van der Waals surface area (Å²) >= 11 is 0. The molecule has 0 bridgehead atoms. The van der Waals surface area contributed by atoms with Crippen LogP contribution in [0.15, 0.2) is 42.5 Å². The summed E-state index contributed by atoms with van der Waals surface area (Å²) in [7, 11) is 4.67. The van der Waals surface area contributed by atoms with Gasteiger partial charge in [-0.2, -0.15) is 0 Å². The molecule has 1 saturated heterocycles. The molecule has 0 saturated carbocycles. The van der Waals surface area contributed by atoms with Crippen LogP contribution in [0.5, 0.6) is 17.2 Å². The van der Waals surface area contributed by atoms with Crippen LogP contribution < -0.4 is 24.8 Å². The van der Waals surface area contributed by atoms with E-state index in [4.69, 9.17) is 14.2 Å². The van der Waals surface area contributed by atoms with Crippen molar-refractivity contribution in [1.29, 1.82) is 0 Å². The summed E-state index contributed by atoms with van der Waals surface area (Å²) in [6.45, 7) is 2.44. The van der Waals surface area contributed by atoms with Gasteiger partial charge < -0.3 is 29.7 Å². The zero-order valence-corrected chi connectivity index (χ0v) is 20.6. The molecule has 2 aromatic rings. The number of amides is 3. The van der Waals surface area contributed by atoms with E-state index < -0.39 is 6.04 Å². The van der Waals surface area contributed by atoms with Crippen molar-refractivity contribution < 1.29 is 28.6 Å². The average molecular weight is 484 g/mol. The monoisotopic (exact) mass is 483 g/mol. The van der Waals surface area contributed by atoms with Crippen LogP contribution in [-0.4, -0.2) is 69.1 Å². The molecule has 1 fully saturated rings. The van der Waals surface area contributed by atoms with Gasteiger partial charge in [-0.05, 0) is 48.7 Å². The third-order valence-corrected chi connectivity index (χ3v) is 6.03. The van der Waals surface area contributed by atoms with Gasteiger partial charge in [-0.25, -0.2) is 0 Å². The Morgan fingerprint density at radius 2 is 1.69 bits per heavy atom. The molecule has 188 valence electrons. The van der Waals surface area contributed by atoms with E-state index >= 15 is 0 Å². The molecule has 2 N–H and O–H groups in total. The molecule has 1 atom stereocenters. The minimum Gasteiger partial charge on any atom is -0.497 e. The summed E-state index contributed by atoms with van der Waals surface area (Å²) in [5.74, 6) is 1.18. The molecule has 0 aliphatic carbocycles. The second kappa shape index (κ2) is 12.1. The highest BCUT2D eigenvalue weighted by atomic mass is 16.5. The molecule has 9 nitrogen and oxygen atoms in total. The van der Waals surface area contributed by atoms with Crippen molar-refractivity contribution in [2.75, 3.05) is 34.4 Å². The van der Waals surface area contributed by atoms with E-state index in [2.05, 4.69) is 10.6 Å². The molecule has 0 radical (unpaired) electrons. The van der Waals surface area contributed by atoms with Crippen molar-refractivity contribution in [2.24, 2.45) is 0 Å². The molecule has 0 aromatic heterocycles. The molecule has 0 spiro atoms. The second-order valence-corrected chi connectivity index (χ2v) is 8.45. The number of ether oxygens (including phenoxy) is 3. The van der Waals surface area contributed by atoms with E-state index in [9.17, 15) is 14.4 Å². The number of hydrogen-bond donors (Lipinski definition) is 2. The summed E-state index contributed by atoms with van der Waals surface area (Å²) in [5, 5.41) is 5.79. The Labute approximate surface area is 205 Å². The number of carbonyl (C=O) groups is 3. The van der Waals surface area contributed by atoms with Crippen LogP contribution >= 0.6 is 0 Å². The lowest BCUT2D eigenvalue weighted by molar-refractivity contribution is -0.128. The first kappa shape index (κ1) is 25.9. The molecule has 1 aliphatic rings. The summed E-state index contributed by atoms with van der Waals surface area (Å²) in [4.78, 5) is 39.5. The minimum atomic E-state index is -0.734. The molecule has 3 amide bonds. The number of likely N-dealkylation sites (tertiary alicyclic amines) is 1. The Bertz CT molecular complexity index is 1050. The standard InChI is InChI=1S/C26H33N3O6/c1-17(30)27-22(14-18-8-9-23(34-3)24(15-18)35-4)25(31)28-20-10-12-29(13-11-20)26(32)19-6-5-7-21(16-19)33-2/h5-9,15-16,20,22H,10-14H2,1-4H3,(H,27,30)(H,28,31)/t22-/m1/s1. The van der Waals surface area contributed by atoms with Crippen LogP contribution in [0.4, 0.5) is 0 Å². The normalized spacial score (nSPS) is 14.6. The van der Waals surface area contributed by atoms with Crippen molar-refractivity contribution in [3.63, 3.8) is 0 Å². The maximum atomic E-state index is 13.1. The first-order valence-electron chi connectivity index (χ1n) is 11.6. The predicted molar refractivity (Wildman–Crippen MR) is 131 cm³/mol. The number of nitrogens with zero attached hydrogens (tertiary/aromatic N) is 1. The Kier molecular flexibility index (Phi) is 8.94. The molecule has 1 aliphatic heterocycles. The quantitative estimate of drug-likeness (QED) is 0.566. The fourth-order valence-corrected chi connectivity index (χ4v) is 4.17. The lowest BCUT2D eigenvalue weighted by atomic mass is 10.0. The third-order valence-electron chi connectivity index (χ3n) is 6.03. The van der Waals surface area contributed by atoms with Gasteiger partial charge in [0.2, 0.25) is 11.8 Å². The van der Waals surface area contributed by atoms with E-state index in [1.165, 1.54) is 6.92 Å². The molecule has 1 heterocycles. The first-order chi connectivity index (χ1) is 16.8. The molecule has 0 unspecified atom stereocenters.